The van der Waals surface area contributed by atoms with E-state index in [4.69, 9.17) is 14.2 Å². The van der Waals surface area contributed by atoms with Crippen LogP contribution in [0.4, 0.5) is 0 Å². The lowest BCUT2D eigenvalue weighted by Gasteiger charge is -2.15. The molecule has 2 aromatic carbocycles. The molecule has 1 aliphatic heterocycles. The standard InChI is InChI=1S/C20H22O5/c1-13-6-7-17(19(23-2)18(13)20(21)22)15-5-3-4-14(10-15)11-25-16-8-9-24-12-16/h3-7,10,16H,8-9,11-12H2,1-2H3,(H,21,22). The van der Waals surface area contributed by atoms with Gasteiger partial charge in [-0.25, -0.2) is 4.79 Å². The Morgan fingerprint density at radius 1 is 1.32 bits per heavy atom. The highest BCUT2D eigenvalue weighted by Crippen LogP contribution is 2.35. The molecule has 0 radical (unpaired) electrons. The SMILES string of the molecule is COc1c(-c2cccc(COC3CCOC3)c2)ccc(C)c1C(=O)O. The van der Waals surface area contributed by atoms with Gasteiger partial charge in [0.25, 0.3) is 0 Å². The molecule has 1 saturated heterocycles. The molecule has 0 amide bonds. The van der Waals surface area contributed by atoms with E-state index in [0.29, 0.717) is 24.5 Å². The fourth-order valence-electron chi connectivity index (χ4n) is 3.07. The van der Waals surface area contributed by atoms with Crippen LogP contribution in [0.1, 0.15) is 27.9 Å². The number of carboxylic acid groups (broad SMARTS) is 1. The summed E-state index contributed by atoms with van der Waals surface area (Å²) in [7, 11) is 1.50. The van der Waals surface area contributed by atoms with Crippen molar-refractivity contribution in [2.45, 2.75) is 26.1 Å². The molecule has 5 heteroatoms. The summed E-state index contributed by atoms with van der Waals surface area (Å²) in [4.78, 5) is 11.6. The van der Waals surface area contributed by atoms with Crippen molar-refractivity contribution >= 4 is 5.97 Å². The van der Waals surface area contributed by atoms with E-state index in [1.807, 2.05) is 30.3 Å². The molecule has 1 atom stereocenters. The predicted molar refractivity (Wildman–Crippen MR) is 94.1 cm³/mol. The highest BCUT2D eigenvalue weighted by Gasteiger charge is 2.19. The molecule has 0 aromatic heterocycles. The highest BCUT2D eigenvalue weighted by atomic mass is 16.5. The van der Waals surface area contributed by atoms with Gasteiger partial charge in [0.2, 0.25) is 0 Å². The minimum absolute atomic E-state index is 0.149. The van der Waals surface area contributed by atoms with Gasteiger partial charge in [-0.05, 0) is 36.1 Å². The molecule has 0 bridgehead atoms. The maximum atomic E-state index is 11.6. The number of carboxylic acids is 1. The van der Waals surface area contributed by atoms with Crippen molar-refractivity contribution in [1.29, 1.82) is 0 Å². The van der Waals surface area contributed by atoms with Crippen LogP contribution in [0.15, 0.2) is 36.4 Å². The topological polar surface area (TPSA) is 65.0 Å². The van der Waals surface area contributed by atoms with Gasteiger partial charge in [0.05, 0.1) is 26.4 Å². The van der Waals surface area contributed by atoms with Crippen LogP contribution < -0.4 is 4.74 Å². The number of carbonyl (C=O) groups is 1. The maximum Gasteiger partial charge on any atom is 0.339 e. The first-order chi connectivity index (χ1) is 12.1. The number of benzene rings is 2. The van der Waals surface area contributed by atoms with Gasteiger partial charge in [-0.15, -0.1) is 0 Å². The molecule has 25 heavy (non-hydrogen) atoms. The molecule has 0 aliphatic carbocycles. The van der Waals surface area contributed by atoms with Crippen LogP contribution in [0.25, 0.3) is 11.1 Å². The zero-order valence-electron chi connectivity index (χ0n) is 14.5. The van der Waals surface area contributed by atoms with E-state index in [2.05, 4.69) is 0 Å². The van der Waals surface area contributed by atoms with Crippen molar-refractivity contribution in [1.82, 2.24) is 0 Å². The van der Waals surface area contributed by atoms with Crippen LogP contribution >= 0.6 is 0 Å². The Labute approximate surface area is 147 Å². The van der Waals surface area contributed by atoms with Crippen LogP contribution in [-0.2, 0) is 16.1 Å². The van der Waals surface area contributed by atoms with Crippen LogP contribution in [0.5, 0.6) is 5.75 Å². The fraction of sp³-hybridized carbons (Fsp3) is 0.350. The number of aromatic carboxylic acids is 1. The molecular weight excluding hydrogens is 320 g/mol. The van der Waals surface area contributed by atoms with Gasteiger partial charge < -0.3 is 19.3 Å². The Hall–Kier alpha value is -2.37. The largest absolute Gasteiger partial charge is 0.495 e. The summed E-state index contributed by atoms with van der Waals surface area (Å²) >= 11 is 0. The summed E-state index contributed by atoms with van der Waals surface area (Å²) in [6.45, 7) is 3.67. The maximum absolute atomic E-state index is 11.6. The molecule has 132 valence electrons. The van der Waals surface area contributed by atoms with Crippen molar-refractivity contribution in [3.8, 4) is 16.9 Å². The molecule has 3 rings (SSSR count). The lowest BCUT2D eigenvalue weighted by atomic mass is 9.97. The van der Waals surface area contributed by atoms with Crippen LogP contribution in [-0.4, -0.2) is 37.5 Å². The zero-order valence-corrected chi connectivity index (χ0v) is 14.5. The summed E-state index contributed by atoms with van der Waals surface area (Å²) in [5.74, 6) is -0.605. The van der Waals surface area contributed by atoms with Gasteiger partial charge in [0.1, 0.15) is 11.3 Å². The van der Waals surface area contributed by atoms with Gasteiger partial charge in [0.15, 0.2) is 0 Å². The smallest absolute Gasteiger partial charge is 0.339 e. The molecule has 1 heterocycles. The predicted octanol–water partition coefficient (Wildman–Crippen LogP) is 3.67. The monoisotopic (exact) mass is 342 g/mol. The Morgan fingerprint density at radius 2 is 2.16 bits per heavy atom. The van der Waals surface area contributed by atoms with E-state index in [9.17, 15) is 9.90 Å². The van der Waals surface area contributed by atoms with Crippen molar-refractivity contribution in [3.63, 3.8) is 0 Å². The summed E-state index contributed by atoms with van der Waals surface area (Å²) in [5.41, 5.74) is 3.57. The molecular formula is C20H22O5. The van der Waals surface area contributed by atoms with Gasteiger partial charge in [-0.1, -0.05) is 30.3 Å². The third kappa shape index (κ3) is 3.83. The third-order valence-corrected chi connectivity index (χ3v) is 4.40. The normalized spacial score (nSPS) is 16.8. The van der Waals surface area contributed by atoms with Gasteiger partial charge in [-0.2, -0.15) is 0 Å². The number of aryl methyl sites for hydroxylation is 1. The summed E-state index contributed by atoms with van der Waals surface area (Å²) in [5, 5.41) is 9.50. The second-order valence-electron chi connectivity index (χ2n) is 6.14. The first-order valence-corrected chi connectivity index (χ1v) is 8.29. The third-order valence-electron chi connectivity index (χ3n) is 4.40. The Balaban J connectivity index is 1.90. The molecule has 1 aliphatic rings. The van der Waals surface area contributed by atoms with E-state index < -0.39 is 5.97 Å². The molecule has 0 spiro atoms. The zero-order chi connectivity index (χ0) is 17.8. The van der Waals surface area contributed by atoms with Crippen LogP contribution in [0, 0.1) is 6.92 Å². The first kappa shape index (κ1) is 17.5. The Kier molecular flexibility index (Phi) is 5.36. The minimum atomic E-state index is -0.989. The van der Waals surface area contributed by atoms with Crippen LogP contribution in [0.2, 0.25) is 0 Å². The Morgan fingerprint density at radius 3 is 2.84 bits per heavy atom. The van der Waals surface area contributed by atoms with Gasteiger partial charge >= 0.3 is 5.97 Å². The minimum Gasteiger partial charge on any atom is -0.495 e. The summed E-state index contributed by atoms with van der Waals surface area (Å²) in [6.07, 6.45) is 1.07. The lowest BCUT2D eigenvalue weighted by molar-refractivity contribution is 0.0318. The summed E-state index contributed by atoms with van der Waals surface area (Å²) in [6, 6.07) is 11.6. The number of rotatable bonds is 6. The number of hydrogen-bond donors (Lipinski definition) is 1. The lowest BCUT2D eigenvalue weighted by Crippen LogP contribution is -2.11. The van der Waals surface area contributed by atoms with Crippen molar-refractivity contribution in [2.24, 2.45) is 0 Å². The molecule has 1 N–H and O–H groups in total. The molecule has 2 aromatic rings. The second-order valence-corrected chi connectivity index (χ2v) is 6.14. The van der Waals surface area contributed by atoms with E-state index >= 15 is 0 Å². The molecule has 5 nitrogen and oxygen atoms in total. The fourth-order valence-corrected chi connectivity index (χ4v) is 3.07. The highest BCUT2D eigenvalue weighted by molar-refractivity contribution is 5.96. The summed E-state index contributed by atoms with van der Waals surface area (Å²) < 4.78 is 16.6. The van der Waals surface area contributed by atoms with E-state index in [1.54, 1.807) is 13.0 Å². The molecule has 0 saturated carbocycles. The van der Waals surface area contributed by atoms with Crippen molar-refractivity contribution in [3.05, 3.63) is 53.1 Å². The van der Waals surface area contributed by atoms with E-state index in [0.717, 1.165) is 29.7 Å². The van der Waals surface area contributed by atoms with Gasteiger partial charge in [-0.3, -0.25) is 0 Å². The number of ether oxygens (including phenoxy) is 3. The van der Waals surface area contributed by atoms with Gasteiger partial charge in [0, 0.05) is 12.2 Å². The molecule has 1 unspecified atom stereocenters. The van der Waals surface area contributed by atoms with E-state index in [-0.39, 0.29) is 11.7 Å². The number of hydrogen-bond acceptors (Lipinski definition) is 4. The average Bonchev–Trinajstić information content (AvgIpc) is 3.13. The first-order valence-electron chi connectivity index (χ1n) is 8.29. The average molecular weight is 342 g/mol. The van der Waals surface area contributed by atoms with E-state index in [1.165, 1.54) is 7.11 Å². The van der Waals surface area contributed by atoms with Crippen molar-refractivity contribution in [2.75, 3.05) is 20.3 Å². The van der Waals surface area contributed by atoms with Crippen molar-refractivity contribution < 1.29 is 24.1 Å². The number of methoxy groups -OCH3 is 1. The quantitative estimate of drug-likeness (QED) is 0.867. The molecule has 1 fully saturated rings. The Bertz CT molecular complexity index is 763. The van der Waals surface area contributed by atoms with Crippen LogP contribution in [0.3, 0.4) is 0 Å². The second kappa shape index (κ2) is 7.68.